The molecule has 4 aromatic carbocycles. The maximum atomic E-state index is 13.7. The summed E-state index contributed by atoms with van der Waals surface area (Å²) in [4.78, 5) is 13.6. The van der Waals surface area contributed by atoms with Crippen LogP contribution in [0.1, 0.15) is 33.9 Å². The Bertz CT molecular complexity index is 1440. The minimum absolute atomic E-state index is 0.136. The van der Waals surface area contributed by atoms with Crippen LogP contribution in [0, 0.1) is 20.8 Å². The highest BCUT2D eigenvalue weighted by Crippen LogP contribution is 2.29. The molecule has 0 aliphatic rings. The average Bonchev–Trinajstić information content (AvgIpc) is 2.89. The Hall–Kier alpha value is -3.90. The average molecular weight is 499 g/mol. The second-order valence-corrected chi connectivity index (χ2v) is 10.7. The number of hydrogen-bond acceptors (Lipinski definition) is 3. The second-order valence-electron chi connectivity index (χ2n) is 8.87. The van der Waals surface area contributed by atoms with Gasteiger partial charge in [-0.1, -0.05) is 90.5 Å². The maximum Gasteiger partial charge on any atom is 0.264 e. The SMILES string of the molecule is Cc1ccc(C(NC(=O)CN(c2cccc(C)c2C)S(=O)(=O)c2ccccc2)c2ccccc2)cc1. The van der Waals surface area contributed by atoms with Crippen LogP contribution in [0.3, 0.4) is 0 Å². The molecule has 0 saturated heterocycles. The molecule has 0 aromatic heterocycles. The molecular formula is C30H30N2O3S. The largest absolute Gasteiger partial charge is 0.344 e. The van der Waals surface area contributed by atoms with Crippen molar-refractivity contribution in [3.05, 3.63) is 131 Å². The number of sulfonamides is 1. The lowest BCUT2D eigenvalue weighted by Gasteiger charge is -2.28. The molecule has 0 aliphatic carbocycles. The maximum absolute atomic E-state index is 13.7. The quantitative estimate of drug-likeness (QED) is 0.338. The van der Waals surface area contributed by atoms with Crippen LogP contribution in [0.25, 0.3) is 0 Å². The van der Waals surface area contributed by atoms with Gasteiger partial charge in [-0.2, -0.15) is 0 Å². The zero-order valence-electron chi connectivity index (χ0n) is 20.7. The molecule has 0 spiro atoms. The summed E-state index contributed by atoms with van der Waals surface area (Å²) in [5, 5.41) is 3.08. The first-order valence-corrected chi connectivity index (χ1v) is 13.3. The summed E-state index contributed by atoms with van der Waals surface area (Å²) < 4.78 is 28.7. The predicted molar refractivity (Wildman–Crippen MR) is 144 cm³/mol. The number of nitrogens with zero attached hydrogens (tertiary/aromatic N) is 1. The fourth-order valence-electron chi connectivity index (χ4n) is 4.13. The van der Waals surface area contributed by atoms with Crippen LogP contribution in [-0.4, -0.2) is 20.9 Å². The Morgan fingerprint density at radius 2 is 1.33 bits per heavy atom. The highest BCUT2D eigenvalue weighted by molar-refractivity contribution is 7.92. The molecule has 5 nitrogen and oxygen atoms in total. The van der Waals surface area contributed by atoms with Crippen molar-refractivity contribution in [1.29, 1.82) is 0 Å². The fourth-order valence-corrected chi connectivity index (χ4v) is 5.63. The molecule has 0 radical (unpaired) electrons. The van der Waals surface area contributed by atoms with E-state index in [2.05, 4.69) is 5.32 Å². The van der Waals surface area contributed by atoms with Gasteiger partial charge in [0.25, 0.3) is 10.0 Å². The summed E-state index contributed by atoms with van der Waals surface area (Å²) in [5.74, 6) is -0.398. The van der Waals surface area contributed by atoms with Crippen LogP contribution in [-0.2, 0) is 14.8 Å². The van der Waals surface area contributed by atoms with Gasteiger partial charge >= 0.3 is 0 Å². The molecular weight excluding hydrogens is 468 g/mol. The third kappa shape index (κ3) is 5.50. The molecule has 0 heterocycles. The van der Waals surface area contributed by atoms with Crippen LogP contribution in [0.15, 0.2) is 108 Å². The van der Waals surface area contributed by atoms with Crippen molar-refractivity contribution >= 4 is 21.6 Å². The van der Waals surface area contributed by atoms with E-state index in [1.807, 2.05) is 87.5 Å². The molecule has 0 fully saturated rings. The summed E-state index contributed by atoms with van der Waals surface area (Å²) in [6.45, 7) is 5.46. The Labute approximate surface area is 213 Å². The molecule has 4 aromatic rings. The standard InChI is InChI=1S/C30H30N2O3S/c1-22-17-19-26(20-18-22)30(25-12-6-4-7-13-25)31-29(33)21-32(28-16-10-11-23(2)24(28)3)36(34,35)27-14-8-5-9-15-27/h4-20,30H,21H2,1-3H3,(H,31,33). The molecule has 184 valence electrons. The zero-order valence-corrected chi connectivity index (χ0v) is 21.5. The summed E-state index contributed by atoms with van der Waals surface area (Å²) >= 11 is 0. The van der Waals surface area contributed by atoms with E-state index < -0.39 is 22.0 Å². The zero-order chi connectivity index (χ0) is 25.7. The summed E-state index contributed by atoms with van der Waals surface area (Å²) in [5.41, 5.74) is 5.20. The number of carbonyl (C=O) groups excluding carboxylic acids is 1. The molecule has 0 bridgehead atoms. The topological polar surface area (TPSA) is 66.5 Å². The Balaban J connectivity index is 1.71. The number of nitrogens with one attached hydrogen (secondary N) is 1. The Morgan fingerprint density at radius 1 is 0.750 bits per heavy atom. The molecule has 1 N–H and O–H groups in total. The third-order valence-corrected chi connectivity index (χ3v) is 8.09. The van der Waals surface area contributed by atoms with Gasteiger partial charge in [-0.05, 0) is 61.2 Å². The number of hydrogen-bond donors (Lipinski definition) is 1. The smallest absolute Gasteiger partial charge is 0.264 e. The normalized spacial score (nSPS) is 12.1. The first-order chi connectivity index (χ1) is 17.3. The van der Waals surface area contributed by atoms with E-state index in [1.54, 1.807) is 36.4 Å². The predicted octanol–water partition coefficient (Wildman–Crippen LogP) is 5.71. The van der Waals surface area contributed by atoms with Crippen LogP contribution in [0.5, 0.6) is 0 Å². The van der Waals surface area contributed by atoms with Crippen LogP contribution in [0.2, 0.25) is 0 Å². The van der Waals surface area contributed by atoms with Crippen molar-refractivity contribution in [3.8, 4) is 0 Å². The number of anilines is 1. The van der Waals surface area contributed by atoms with Crippen molar-refractivity contribution in [3.63, 3.8) is 0 Å². The Kier molecular flexibility index (Phi) is 7.55. The molecule has 0 saturated carbocycles. The number of benzene rings is 4. The molecule has 1 amide bonds. The van der Waals surface area contributed by atoms with Crippen molar-refractivity contribution in [1.82, 2.24) is 5.32 Å². The summed E-state index contributed by atoms with van der Waals surface area (Å²) in [6, 6.07) is 30.9. The third-order valence-electron chi connectivity index (χ3n) is 6.31. The van der Waals surface area contributed by atoms with Gasteiger partial charge in [0, 0.05) is 0 Å². The minimum atomic E-state index is -3.99. The summed E-state index contributed by atoms with van der Waals surface area (Å²) in [6.07, 6.45) is 0. The minimum Gasteiger partial charge on any atom is -0.344 e. The lowest BCUT2D eigenvalue weighted by Crippen LogP contribution is -2.42. The van der Waals surface area contributed by atoms with Gasteiger partial charge in [0.15, 0.2) is 0 Å². The van der Waals surface area contributed by atoms with Crippen LogP contribution >= 0.6 is 0 Å². The van der Waals surface area contributed by atoms with Gasteiger partial charge < -0.3 is 5.32 Å². The van der Waals surface area contributed by atoms with E-state index >= 15 is 0 Å². The van der Waals surface area contributed by atoms with Crippen molar-refractivity contribution in [2.45, 2.75) is 31.7 Å². The highest BCUT2D eigenvalue weighted by atomic mass is 32.2. The van der Waals surface area contributed by atoms with E-state index in [0.717, 1.165) is 27.8 Å². The van der Waals surface area contributed by atoms with Gasteiger partial charge in [0.1, 0.15) is 6.54 Å². The lowest BCUT2D eigenvalue weighted by molar-refractivity contribution is -0.120. The number of aryl methyl sites for hydroxylation is 2. The van der Waals surface area contributed by atoms with Crippen molar-refractivity contribution in [2.24, 2.45) is 0 Å². The van der Waals surface area contributed by atoms with Gasteiger partial charge in [-0.3, -0.25) is 9.10 Å². The van der Waals surface area contributed by atoms with Crippen molar-refractivity contribution in [2.75, 3.05) is 10.8 Å². The number of rotatable bonds is 8. The van der Waals surface area contributed by atoms with Crippen LogP contribution in [0.4, 0.5) is 5.69 Å². The van der Waals surface area contributed by atoms with Gasteiger partial charge in [0.2, 0.25) is 5.91 Å². The number of carbonyl (C=O) groups is 1. The van der Waals surface area contributed by atoms with Gasteiger partial charge in [0.05, 0.1) is 16.6 Å². The lowest BCUT2D eigenvalue weighted by atomic mass is 9.98. The molecule has 4 rings (SSSR count). The first-order valence-electron chi connectivity index (χ1n) is 11.8. The fraction of sp³-hybridized carbons (Fsp3) is 0.167. The van der Waals surface area contributed by atoms with E-state index in [9.17, 15) is 13.2 Å². The molecule has 0 aliphatic heterocycles. The van der Waals surface area contributed by atoms with Gasteiger partial charge in [-0.15, -0.1) is 0 Å². The van der Waals surface area contributed by atoms with E-state index in [0.29, 0.717) is 5.69 Å². The van der Waals surface area contributed by atoms with E-state index in [-0.39, 0.29) is 11.4 Å². The molecule has 36 heavy (non-hydrogen) atoms. The molecule has 6 heteroatoms. The summed E-state index contributed by atoms with van der Waals surface area (Å²) in [7, 11) is -3.99. The van der Waals surface area contributed by atoms with Crippen molar-refractivity contribution < 1.29 is 13.2 Å². The second kappa shape index (κ2) is 10.8. The molecule has 1 atom stereocenters. The van der Waals surface area contributed by atoms with Crippen LogP contribution < -0.4 is 9.62 Å². The van der Waals surface area contributed by atoms with E-state index in [4.69, 9.17) is 0 Å². The highest BCUT2D eigenvalue weighted by Gasteiger charge is 2.29. The van der Waals surface area contributed by atoms with E-state index in [1.165, 1.54) is 4.31 Å². The Morgan fingerprint density at radius 3 is 1.97 bits per heavy atom. The van der Waals surface area contributed by atoms with Gasteiger partial charge in [-0.25, -0.2) is 8.42 Å². The monoisotopic (exact) mass is 498 g/mol. The number of amides is 1. The first kappa shape index (κ1) is 25.2. The molecule has 1 unspecified atom stereocenters.